The highest BCUT2D eigenvalue weighted by atomic mass is 19.4. The van der Waals surface area contributed by atoms with E-state index in [0.717, 1.165) is 37.0 Å². The number of hydrogen-bond donors (Lipinski definition) is 2. The van der Waals surface area contributed by atoms with Crippen molar-refractivity contribution < 1.29 is 18.0 Å². The molecule has 3 heterocycles. The number of urea groups is 1. The number of carbonyl (C=O) groups is 1. The Hall–Kier alpha value is -1.77. The highest BCUT2D eigenvalue weighted by Crippen LogP contribution is 2.37. The Kier molecular flexibility index (Phi) is 4.46. The molecule has 24 heavy (non-hydrogen) atoms. The van der Waals surface area contributed by atoms with E-state index in [-0.39, 0.29) is 18.1 Å². The van der Waals surface area contributed by atoms with Crippen LogP contribution in [0, 0.1) is 5.41 Å². The fourth-order valence-electron chi connectivity index (χ4n) is 3.59. The number of nitrogens with one attached hydrogen (secondary N) is 2. The predicted molar refractivity (Wildman–Crippen MR) is 81.2 cm³/mol. The van der Waals surface area contributed by atoms with Crippen molar-refractivity contribution >= 4 is 6.03 Å². The van der Waals surface area contributed by atoms with Crippen LogP contribution in [0.25, 0.3) is 0 Å². The molecule has 0 unspecified atom stereocenters. The minimum Gasteiger partial charge on any atom is -0.334 e. The average molecular weight is 345 g/mol. The summed E-state index contributed by atoms with van der Waals surface area (Å²) in [6, 6.07) is -0.312. The van der Waals surface area contributed by atoms with Crippen LogP contribution in [0.4, 0.5) is 18.0 Å². The van der Waals surface area contributed by atoms with Gasteiger partial charge in [0, 0.05) is 45.0 Å². The highest BCUT2D eigenvalue weighted by molar-refractivity contribution is 5.74. The van der Waals surface area contributed by atoms with E-state index >= 15 is 0 Å². The summed E-state index contributed by atoms with van der Waals surface area (Å²) in [7, 11) is 1.43. The van der Waals surface area contributed by atoms with Crippen LogP contribution in [0.15, 0.2) is 6.20 Å². The lowest BCUT2D eigenvalue weighted by atomic mass is 9.78. The summed E-state index contributed by atoms with van der Waals surface area (Å²) in [6.45, 7) is 3.13. The molecule has 2 saturated heterocycles. The number of piperidine rings is 1. The Labute approximate surface area is 138 Å². The number of nitrogens with zero attached hydrogens (tertiary/aromatic N) is 3. The van der Waals surface area contributed by atoms with Crippen molar-refractivity contribution in [3.05, 3.63) is 17.5 Å². The first kappa shape index (κ1) is 17.1. The van der Waals surface area contributed by atoms with Crippen LogP contribution < -0.4 is 10.6 Å². The van der Waals surface area contributed by atoms with Gasteiger partial charge in [-0.1, -0.05) is 0 Å². The van der Waals surface area contributed by atoms with Gasteiger partial charge in [-0.3, -0.25) is 4.68 Å². The molecule has 2 amide bonds. The topological polar surface area (TPSA) is 62.2 Å². The van der Waals surface area contributed by atoms with Gasteiger partial charge in [-0.25, -0.2) is 4.79 Å². The van der Waals surface area contributed by atoms with Crippen LogP contribution in [0.1, 0.15) is 30.5 Å². The van der Waals surface area contributed by atoms with Crippen molar-refractivity contribution in [2.24, 2.45) is 12.5 Å². The normalized spacial score (nSPS) is 20.6. The lowest BCUT2D eigenvalue weighted by molar-refractivity contribution is -0.142. The van der Waals surface area contributed by atoms with Gasteiger partial charge in [0.05, 0.1) is 0 Å². The van der Waals surface area contributed by atoms with Gasteiger partial charge in [-0.05, 0) is 31.2 Å². The van der Waals surface area contributed by atoms with Gasteiger partial charge in [0.2, 0.25) is 0 Å². The molecule has 1 aromatic rings. The largest absolute Gasteiger partial charge is 0.435 e. The molecule has 2 N–H and O–H groups in total. The molecule has 2 fully saturated rings. The molecule has 6 nitrogen and oxygen atoms in total. The van der Waals surface area contributed by atoms with Crippen molar-refractivity contribution in [1.29, 1.82) is 0 Å². The number of alkyl halides is 3. The van der Waals surface area contributed by atoms with Crippen molar-refractivity contribution in [1.82, 2.24) is 25.3 Å². The average Bonchev–Trinajstić information content (AvgIpc) is 3.12. The molecule has 0 saturated carbocycles. The van der Waals surface area contributed by atoms with Gasteiger partial charge in [-0.15, -0.1) is 0 Å². The van der Waals surface area contributed by atoms with Crippen molar-refractivity contribution in [2.75, 3.05) is 26.2 Å². The molecule has 2 aliphatic rings. The second kappa shape index (κ2) is 6.27. The van der Waals surface area contributed by atoms with Gasteiger partial charge >= 0.3 is 12.2 Å². The fourth-order valence-corrected chi connectivity index (χ4v) is 3.59. The van der Waals surface area contributed by atoms with Crippen LogP contribution in [0.2, 0.25) is 0 Å². The Morgan fingerprint density at radius 3 is 2.67 bits per heavy atom. The standard InChI is InChI=1S/C15H22F3N5O/c1-22-9-11(12(21-22)15(16,17)18)8-20-13(24)23-6-3-14(4-7-23)2-5-19-10-14/h9,19H,2-8,10H2,1H3,(H,20,24). The predicted octanol–water partition coefficient (Wildman–Crippen LogP) is 1.72. The van der Waals surface area contributed by atoms with E-state index in [1.54, 1.807) is 4.90 Å². The van der Waals surface area contributed by atoms with Crippen LogP contribution in [0.5, 0.6) is 0 Å². The van der Waals surface area contributed by atoms with E-state index in [4.69, 9.17) is 0 Å². The SMILES string of the molecule is Cn1cc(CNC(=O)N2CCC3(CCNC3)CC2)c(C(F)(F)F)n1. The summed E-state index contributed by atoms with van der Waals surface area (Å²) >= 11 is 0. The molecular formula is C15H22F3N5O. The molecular weight excluding hydrogens is 323 g/mol. The second-order valence-electron chi connectivity index (χ2n) is 6.75. The zero-order chi connectivity index (χ0) is 17.4. The first-order valence-corrected chi connectivity index (χ1v) is 8.12. The maximum Gasteiger partial charge on any atom is 0.435 e. The van der Waals surface area contributed by atoms with E-state index < -0.39 is 11.9 Å². The molecule has 2 aliphatic heterocycles. The van der Waals surface area contributed by atoms with Gasteiger partial charge in [-0.2, -0.15) is 18.3 Å². The molecule has 0 aliphatic carbocycles. The zero-order valence-corrected chi connectivity index (χ0v) is 13.6. The maximum atomic E-state index is 12.9. The van der Waals surface area contributed by atoms with E-state index in [1.165, 1.54) is 13.2 Å². The summed E-state index contributed by atoms with van der Waals surface area (Å²) in [4.78, 5) is 13.9. The van der Waals surface area contributed by atoms with Crippen molar-refractivity contribution in [2.45, 2.75) is 32.0 Å². The number of amides is 2. The second-order valence-corrected chi connectivity index (χ2v) is 6.75. The zero-order valence-electron chi connectivity index (χ0n) is 13.6. The highest BCUT2D eigenvalue weighted by Gasteiger charge is 2.39. The Morgan fingerprint density at radius 1 is 1.38 bits per heavy atom. The Balaban J connectivity index is 1.55. The van der Waals surface area contributed by atoms with E-state index in [2.05, 4.69) is 15.7 Å². The smallest absolute Gasteiger partial charge is 0.334 e. The minimum atomic E-state index is -4.52. The third kappa shape index (κ3) is 3.50. The molecule has 0 radical (unpaired) electrons. The quantitative estimate of drug-likeness (QED) is 0.858. The third-order valence-corrected chi connectivity index (χ3v) is 5.05. The third-order valence-electron chi connectivity index (χ3n) is 5.05. The minimum absolute atomic E-state index is 0.0215. The monoisotopic (exact) mass is 345 g/mol. The summed E-state index contributed by atoms with van der Waals surface area (Å²) in [5, 5.41) is 9.39. The van der Waals surface area contributed by atoms with Gasteiger partial charge in [0.1, 0.15) is 0 Å². The molecule has 134 valence electrons. The van der Waals surface area contributed by atoms with Crippen LogP contribution in [0.3, 0.4) is 0 Å². The van der Waals surface area contributed by atoms with Crippen LogP contribution in [-0.4, -0.2) is 46.9 Å². The molecule has 0 aromatic carbocycles. The maximum absolute atomic E-state index is 12.9. The molecule has 1 aromatic heterocycles. The molecule has 9 heteroatoms. The fraction of sp³-hybridized carbons (Fsp3) is 0.733. The number of hydrogen-bond acceptors (Lipinski definition) is 3. The lowest BCUT2D eigenvalue weighted by Crippen LogP contribution is -2.47. The number of halogens is 3. The van der Waals surface area contributed by atoms with Gasteiger partial charge in [0.15, 0.2) is 5.69 Å². The number of aromatic nitrogens is 2. The van der Waals surface area contributed by atoms with Crippen molar-refractivity contribution in [3.8, 4) is 0 Å². The summed E-state index contributed by atoms with van der Waals surface area (Å²) in [5.41, 5.74) is -0.671. The van der Waals surface area contributed by atoms with Crippen LogP contribution in [-0.2, 0) is 19.8 Å². The number of aryl methyl sites for hydroxylation is 1. The van der Waals surface area contributed by atoms with Crippen LogP contribution >= 0.6 is 0 Å². The van der Waals surface area contributed by atoms with Gasteiger partial charge in [0.25, 0.3) is 0 Å². The first-order valence-electron chi connectivity index (χ1n) is 8.12. The number of rotatable bonds is 2. The first-order chi connectivity index (χ1) is 11.3. The van der Waals surface area contributed by atoms with E-state index in [1.807, 2.05) is 0 Å². The van der Waals surface area contributed by atoms with E-state index in [9.17, 15) is 18.0 Å². The molecule has 0 atom stereocenters. The summed E-state index contributed by atoms with van der Waals surface area (Å²) < 4.78 is 39.8. The Bertz CT molecular complexity index is 597. The summed E-state index contributed by atoms with van der Waals surface area (Å²) in [5.74, 6) is 0. The van der Waals surface area contributed by atoms with Crippen molar-refractivity contribution in [3.63, 3.8) is 0 Å². The lowest BCUT2D eigenvalue weighted by Gasteiger charge is -2.38. The number of carbonyl (C=O) groups excluding carboxylic acids is 1. The molecule has 3 rings (SSSR count). The van der Waals surface area contributed by atoms with Gasteiger partial charge < -0.3 is 15.5 Å². The molecule has 1 spiro atoms. The number of likely N-dealkylation sites (tertiary alicyclic amines) is 1. The Morgan fingerprint density at radius 2 is 2.08 bits per heavy atom. The molecule has 0 bridgehead atoms. The van der Waals surface area contributed by atoms with E-state index in [0.29, 0.717) is 18.5 Å². The summed E-state index contributed by atoms with van der Waals surface area (Å²) in [6.07, 6.45) is -0.220.